The number of aromatic nitrogens is 4. The molecule has 102 valence electrons. The van der Waals surface area contributed by atoms with E-state index in [4.69, 9.17) is 0 Å². The zero-order chi connectivity index (χ0) is 13.8. The number of nitrogens with zero attached hydrogens (tertiary/aromatic N) is 5. The maximum Gasteiger partial charge on any atom is 0.171 e. The van der Waals surface area contributed by atoms with Crippen molar-refractivity contribution < 1.29 is 0 Å². The molecule has 6 heteroatoms. The zero-order valence-electron chi connectivity index (χ0n) is 11.8. The highest BCUT2D eigenvalue weighted by Crippen LogP contribution is 2.25. The Kier molecular flexibility index (Phi) is 3.99. The molecule has 0 aliphatic heterocycles. The van der Waals surface area contributed by atoms with Crippen LogP contribution in [0.4, 0.5) is 11.6 Å². The van der Waals surface area contributed by atoms with Crippen molar-refractivity contribution in [2.75, 3.05) is 24.3 Å². The molecule has 2 heterocycles. The third kappa shape index (κ3) is 2.83. The first-order valence-corrected chi connectivity index (χ1v) is 6.36. The molecule has 0 saturated heterocycles. The van der Waals surface area contributed by atoms with Gasteiger partial charge in [0.15, 0.2) is 11.6 Å². The van der Waals surface area contributed by atoms with Gasteiger partial charge in [0.1, 0.15) is 0 Å². The Morgan fingerprint density at radius 1 is 1.26 bits per heavy atom. The molecule has 0 aliphatic carbocycles. The van der Waals surface area contributed by atoms with Crippen LogP contribution in [0.5, 0.6) is 0 Å². The first-order chi connectivity index (χ1) is 9.13. The minimum absolute atomic E-state index is 0.169. The van der Waals surface area contributed by atoms with Gasteiger partial charge in [-0.1, -0.05) is 6.92 Å². The fourth-order valence-corrected chi connectivity index (χ4v) is 2.04. The van der Waals surface area contributed by atoms with Crippen molar-refractivity contribution in [1.82, 2.24) is 19.7 Å². The number of anilines is 2. The molecule has 1 unspecified atom stereocenters. The molecule has 0 aromatic carbocycles. The highest BCUT2D eigenvalue weighted by Gasteiger charge is 2.16. The molecule has 2 aromatic rings. The maximum absolute atomic E-state index is 4.38. The number of aryl methyl sites for hydroxylation is 1. The van der Waals surface area contributed by atoms with E-state index in [0.717, 1.165) is 23.8 Å². The molecular formula is C13H20N6. The molecular weight excluding hydrogens is 240 g/mol. The van der Waals surface area contributed by atoms with E-state index >= 15 is 0 Å². The van der Waals surface area contributed by atoms with Crippen LogP contribution in [0.2, 0.25) is 0 Å². The molecule has 0 fully saturated rings. The summed E-state index contributed by atoms with van der Waals surface area (Å²) in [5.41, 5.74) is 1.14. The topological polar surface area (TPSA) is 58.9 Å². The number of nitrogens with one attached hydrogen (secondary N) is 1. The molecule has 0 amide bonds. The van der Waals surface area contributed by atoms with E-state index in [1.807, 2.05) is 43.0 Å². The Morgan fingerprint density at radius 2 is 2.00 bits per heavy atom. The van der Waals surface area contributed by atoms with Crippen LogP contribution >= 0.6 is 0 Å². The summed E-state index contributed by atoms with van der Waals surface area (Å²) in [4.78, 5) is 10.7. The van der Waals surface area contributed by atoms with Gasteiger partial charge in [0.2, 0.25) is 0 Å². The lowest BCUT2D eigenvalue weighted by Crippen LogP contribution is -2.19. The van der Waals surface area contributed by atoms with Gasteiger partial charge in [-0.3, -0.25) is 4.68 Å². The summed E-state index contributed by atoms with van der Waals surface area (Å²) in [5, 5.41) is 7.66. The predicted molar refractivity (Wildman–Crippen MR) is 76.2 cm³/mol. The van der Waals surface area contributed by atoms with Crippen LogP contribution in [0.3, 0.4) is 0 Å². The van der Waals surface area contributed by atoms with Gasteiger partial charge in [-0.15, -0.1) is 0 Å². The highest BCUT2D eigenvalue weighted by molar-refractivity contribution is 5.60. The van der Waals surface area contributed by atoms with E-state index in [9.17, 15) is 0 Å². The van der Waals surface area contributed by atoms with Crippen LogP contribution in [-0.4, -0.2) is 33.8 Å². The van der Waals surface area contributed by atoms with Gasteiger partial charge in [0.05, 0.1) is 11.7 Å². The molecule has 0 spiro atoms. The molecule has 0 bridgehead atoms. The van der Waals surface area contributed by atoms with Crippen LogP contribution in [0.15, 0.2) is 24.7 Å². The summed E-state index contributed by atoms with van der Waals surface area (Å²) >= 11 is 0. The molecule has 19 heavy (non-hydrogen) atoms. The third-order valence-corrected chi connectivity index (χ3v) is 3.04. The SMILES string of the molecule is CCC(Nc1nccnc1N(C)C)c1ccnn1C. The van der Waals surface area contributed by atoms with Gasteiger partial charge in [0, 0.05) is 39.7 Å². The minimum atomic E-state index is 0.169. The largest absolute Gasteiger partial charge is 0.360 e. The number of rotatable bonds is 5. The molecule has 1 N–H and O–H groups in total. The number of hydrogen-bond donors (Lipinski definition) is 1. The summed E-state index contributed by atoms with van der Waals surface area (Å²) < 4.78 is 1.88. The van der Waals surface area contributed by atoms with E-state index in [2.05, 4.69) is 27.3 Å². The smallest absolute Gasteiger partial charge is 0.171 e. The molecule has 6 nitrogen and oxygen atoms in total. The van der Waals surface area contributed by atoms with Gasteiger partial charge in [-0.2, -0.15) is 5.10 Å². The maximum atomic E-state index is 4.38. The average Bonchev–Trinajstić information content (AvgIpc) is 2.82. The van der Waals surface area contributed by atoms with Crippen LogP contribution in [0.1, 0.15) is 25.1 Å². The number of hydrogen-bond acceptors (Lipinski definition) is 5. The quantitative estimate of drug-likeness (QED) is 0.889. The molecule has 0 radical (unpaired) electrons. The lowest BCUT2D eigenvalue weighted by atomic mass is 10.1. The van der Waals surface area contributed by atoms with Gasteiger partial charge < -0.3 is 10.2 Å². The fraction of sp³-hybridized carbons (Fsp3) is 0.462. The van der Waals surface area contributed by atoms with Crippen molar-refractivity contribution in [2.45, 2.75) is 19.4 Å². The Morgan fingerprint density at radius 3 is 2.58 bits per heavy atom. The van der Waals surface area contributed by atoms with Crippen molar-refractivity contribution in [3.05, 3.63) is 30.4 Å². The van der Waals surface area contributed by atoms with Crippen molar-refractivity contribution in [3.63, 3.8) is 0 Å². The Balaban J connectivity index is 2.27. The second-order valence-corrected chi connectivity index (χ2v) is 4.61. The lowest BCUT2D eigenvalue weighted by Gasteiger charge is -2.21. The first kappa shape index (κ1) is 13.3. The van der Waals surface area contributed by atoms with Crippen LogP contribution in [0, 0.1) is 0 Å². The van der Waals surface area contributed by atoms with E-state index in [1.165, 1.54) is 0 Å². The van der Waals surface area contributed by atoms with Crippen molar-refractivity contribution in [2.24, 2.45) is 7.05 Å². The molecule has 2 rings (SSSR count). The first-order valence-electron chi connectivity index (χ1n) is 6.36. The summed E-state index contributed by atoms with van der Waals surface area (Å²) in [6.45, 7) is 2.14. The second kappa shape index (κ2) is 5.69. The molecule has 0 saturated carbocycles. The molecule has 0 aliphatic rings. The molecule has 1 atom stereocenters. The summed E-state index contributed by atoms with van der Waals surface area (Å²) in [6.07, 6.45) is 6.16. The average molecular weight is 260 g/mol. The minimum Gasteiger partial charge on any atom is -0.360 e. The Labute approximate surface area is 113 Å². The van der Waals surface area contributed by atoms with Crippen molar-refractivity contribution in [3.8, 4) is 0 Å². The van der Waals surface area contributed by atoms with Crippen LogP contribution in [0.25, 0.3) is 0 Å². The Hall–Kier alpha value is -2.11. The lowest BCUT2D eigenvalue weighted by molar-refractivity contribution is 0.631. The van der Waals surface area contributed by atoms with Gasteiger partial charge in [0.25, 0.3) is 0 Å². The standard InChI is InChI=1S/C13H20N6/c1-5-10(11-6-7-16-19(11)4)17-12-13(18(2)3)15-9-8-14-12/h6-10H,5H2,1-4H3,(H,14,17). The van der Waals surface area contributed by atoms with Crippen LogP contribution in [-0.2, 0) is 7.05 Å². The van der Waals surface area contributed by atoms with Crippen molar-refractivity contribution in [1.29, 1.82) is 0 Å². The third-order valence-electron chi connectivity index (χ3n) is 3.04. The monoisotopic (exact) mass is 260 g/mol. The van der Waals surface area contributed by atoms with Gasteiger partial charge in [-0.05, 0) is 12.5 Å². The summed E-state index contributed by atoms with van der Waals surface area (Å²) in [7, 11) is 5.86. The van der Waals surface area contributed by atoms with Gasteiger partial charge >= 0.3 is 0 Å². The second-order valence-electron chi connectivity index (χ2n) is 4.61. The fourth-order valence-electron chi connectivity index (χ4n) is 2.04. The van der Waals surface area contributed by atoms with Crippen molar-refractivity contribution >= 4 is 11.6 Å². The predicted octanol–water partition coefficient (Wildman–Crippen LogP) is 1.84. The zero-order valence-corrected chi connectivity index (χ0v) is 11.8. The molecule has 2 aromatic heterocycles. The summed E-state index contributed by atoms with van der Waals surface area (Å²) in [5.74, 6) is 1.63. The highest BCUT2D eigenvalue weighted by atomic mass is 15.3. The summed E-state index contributed by atoms with van der Waals surface area (Å²) in [6, 6.07) is 2.19. The van der Waals surface area contributed by atoms with Crippen LogP contribution < -0.4 is 10.2 Å². The van der Waals surface area contributed by atoms with E-state index in [-0.39, 0.29) is 6.04 Å². The van der Waals surface area contributed by atoms with E-state index in [0.29, 0.717) is 0 Å². The van der Waals surface area contributed by atoms with E-state index in [1.54, 1.807) is 12.4 Å². The van der Waals surface area contributed by atoms with Gasteiger partial charge in [-0.25, -0.2) is 9.97 Å². The normalized spacial score (nSPS) is 12.2. The van der Waals surface area contributed by atoms with E-state index < -0.39 is 0 Å². The Bertz CT molecular complexity index is 533.